The first-order valence-electron chi connectivity index (χ1n) is 5.44. The Bertz CT molecular complexity index is 457. The topological polar surface area (TPSA) is 21.7 Å². The minimum Gasteiger partial charge on any atom is -0.454 e. The van der Waals surface area contributed by atoms with E-state index in [1.165, 1.54) is 20.2 Å². The van der Waals surface area contributed by atoms with Crippen LogP contribution in [0.4, 0.5) is 13.2 Å². The molecular weight excluding hydrogens is 247 g/mol. The molecule has 100 valence electrons. The maximum absolute atomic E-state index is 13.1. The van der Waals surface area contributed by atoms with Crippen molar-refractivity contribution in [3.05, 3.63) is 23.3 Å². The number of benzene rings is 1. The van der Waals surface area contributed by atoms with Gasteiger partial charge in [0.05, 0.1) is 0 Å². The lowest BCUT2D eigenvalue weighted by Gasteiger charge is -2.28. The van der Waals surface area contributed by atoms with Gasteiger partial charge in [0.1, 0.15) is 6.04 Å². The summed E-state index contributed by atoms with van der Waals surface area (Å²) in [5, 5.41) is 0. The average Bonchev–Trinajstić information content (AvgIpc) is 2.62. The predicted molar refractivity (Wildman–Crippen MR) is 59.8 cm³/mol. The Labute approximate surface area is 103 Å². The third-order valence-corrected chi connectivity index (χ3v) is 2.88. The summed E-state index contributed by atoms with van der Waals surface area (Å²) in [5.74, 6) is 0.864. The zero-order chi connectivity index (χ0) is 13.5. The van der Waals surface area contributed by atoms with Gasteiger partial charge in [-0.2, -0.15) is 13.2 Å². The molecule has 1 aromatic rings. The summed E-state index contributed by atoms with van der Waals surface area (Å²) in [6, 6.07) is 1.35. The van der Waals surface area contributed by atoms with E-state index in [1.54, 1.807) is 13.0 Å². The summed E-state index contributed by atoms with van der Waals surface area (Å²) in [6.45, 7) is 1.69. The maximum Gasteiger partial charge on any atom is 0.408 e. The van der Waals surface area contributed by atoms with Gasteiger partial charge < -0.3 is 9.47 Å². The fourth-order valence-corrected chi connectivity index (χ4v) is 2.10. The minimum absolute atomic E-state index is 0.0525. The lowest BCUT2D eigenvalue weighted by Crippen LogP contribution is -2.33. The summed E-state index contributed by atoms with van der Waals surface area (Å²) in [6.07, 6.45) is -4.33. The molecule has 1 aromatic carbocycles. The molecule has 0 amide bonds. The van der Waals surface area contributed by atoms with Crippen molar-refractivity contribution in [2.24, 2.45) is 0 Å². The Hall–Kier alpha value is -1.43. The van der Waals surface area contributed by atoms with Crippen LogP contribution in [0.3, 0.4) is 0 Å². The number of halogens is 3. The SMILES string of the molecule is Cc1cc2c(cc1C(N(C)C)C(F)(F)F)OCO2. The summed E-state index contributed by atoms with van der Waals surface area (Å²) in [5.41, 5.74) is 0.729. The van der Waals surface area contributed by atoms with Crippen LogP contribution in [0.25, 0.3) is 0 Å². The number of ether oxygens (including phenoxy) is 2. The molecular formula is C12H14F3NO2. The van der Waals surface area contributed by atoms with E-state index in [0.29, 0.717) is 17.1 Å². The third-order valence-electron chi connectivity index (χ3n) is 2.88. The summed E-state index contributed by atoms with van der Waals surface area (Å²) < 4.78 is 49.5. The number of rotatable bonds is 2. The smallest absolute Gasteiger partial charge is 0.408 e. The van der Waals surface area contributed by atoms with Crippen LogP contribution >= 0.6 is 0 Å². The van der Waals surface area contributed by atoms with Crippen molar-refractivity contribution in [2.45, 2.75) is 19.1 Å². The number of hydrogen-bond donors (Lipinski definition) is 0. The molecule has 0 aliphatic carbocycles. The molecule has 1 atom stereocenters. The van der Waals surface area contributed by atoms with Crippen LogP contribution in [-0.4, -0.2) is 32.0 Å². The molecule has 0 saturated heterocycles. The highest BCUT2D eigenvalue weighted by Gasteiger charge is 2.43. The molecule has 2 rings (SSSR count). The fourth-order valence-electron chi connectivity index (χ4n) is 2.10. The molecule has 1 aliphatic heterocycles. The highest BCUT2D eigenvalue weighted by Crippen LogP contribution is 2.42. The molecule has 6 heteroatoms. The Kier molecular flexibility index (Phi) is 3.14. The van der Waals surface area contributed by atoms with Crippen molar-refractivity contribution in [3.8, 4) is 11.5 Å². The van der Waals surface area contributed by atoms with Crippen LogP contribution in [-0.2, 0) is 0 Å². The molecule has 0 spiro atoms. The Morgan fingerprint density at radius 3 is 2.22 bits per heavy atom. The summed E-state index contributed by atoms with van der Waals surface area (Å²) in [4.78, 5) is 1.14. The van der Waals surface area contributed by atoms with Crippen LogP contribution in [0.2, 0.25) is 0 Å². The van der Waals surface area contributed by atoms with E-state index in [4.69, 9.17) is 9.47 Å². The standard InChI is InChI=1S/C12H14F3NO2/c1-7-4-9-10(18-6-17-9)5-8(7)11(16(2)3)12(13,14)15/h4-5,11H,6H2,1-3H3. The van der Waals surface area contributed by atoms with Crippen LogP contribution in [0.1, 0.15) is 17.2 Å². The number of nitrogens with zero attached hydrogens (tertiary/aromatic N) is 1. The van der Waals surface area contributed by atoms with Gasteiger partial charge >= 0.3 is 6.18 Å². The molecule has 1 heterocycles. The van der Waals surface area contributed by atoms with Gasteiger partial charge in [0, 0.05) is 0 Å². The highest BCUT2D eigenvalue weighted by atomic mass is 19.4. The zero-order valence-corrected chi connectivity index (χ0v) is 10.3. The van der Waals surface area contributed by atoms with Gasteiger partial charge in [-0.3, -0.25) is 4.90 Å². The second-order valence-electron chi connectivity index (χ2n) is 4.47. The number of aryl methyl sites for hydroxylation is 1. The number of hydrogen-bond acceptors (Lipinski definition) is 3. The lowest BCUT2D eigenvalue weighted by molar-refractivity contribution is -0.179. The predicted octanol–water partition coefficient (Wildman–Crippen LogP) is 2.89. The van der Waals surface area contributed by atoms with Gasteiger partial charge in [-0.25, -0.2) is 0 Å². The van der Waals surface area contributed by atoms with Crippen molar-refractivity contribution in [2.75, 3.05) is 20.9 Å². The summed E-state index contributed by atoms with van der Waals surface area (Å²) in [7, 11) is 2.81. The minimum atomic E-state index is -4.33. The maximum atomic E-state index is 13.1. The van der Waals surface area contributed by atoms with E-state index in [-0.39, 0.29) is 12.4 Å². The molecule has 0 radical (unpaired) electrons. The van der Waals surface area contributed by atoms with Crippen LogP contribution in [0.15, 0.2) is 12.1 Å². The largest absolute Gasteiger partial charge is 0.454 e. The molecule has 0 bridgehead atoms. The van der Waals surface area contributed by atoms with Gasteiger partial charge in [-0.1, -0.05) is 0 Å². The van der Waals surface area contributed by atoms with Gasteiger partial charge in [-0.15, -0.1) is 0 Å². The molecule has 18 heavy (non-hydrogen) atoms. The van der Waals surface area contributed by atoms with E-state index in [1.807, 2.05) is 0 Å². The van der Waals surface area contributed by atoms with Crippen molar-refractivity contribution in [3.63, 3.8) is 0 Å². The normalized spacial score (nSPS) is 16.2. The van der Waals surface area contributed by atoms with Crippen LogP contribution in [0, 0.1) is 6.92 Å². The first-order chi connectivity index (χ1) is 8.30. The number of fused-ring (bicyclic) bond motifs is 1. The van der Waals surface area contributed by atoms with E-state index < -0.39 is 12.2 Å². The van der Waals surface area contributed by atoms with Crippen LogP contribution < -0.4 is 9.47 Å². The molecule has 1 aliphatic rings. The Morgan fingerprint density at radius 2 is 1.72 bits per heavy atom. The van der Waals surface area contributed by atoms with Gasteiger partial charge in [0.2, 0.25) is 6.79 Å². The second-order valence-corrected chi connectivity index (χ2v) is 4.47. The van der Waals surface area contributed by atoms with Gasteiger partial charge in [-0.05, 0) is 44.3 Å². The van der Waals surface area contributed by atoms with Gasteiger partial charge in [0.15, 0.2) is 11.5 Å². The Morgan fingerprint density at radius 1 is 1.17 bits per heavy atom. The van der Waals surface area contributed by atoms with Crippen molar-refractivity contribution >= 4 is 0 Å². The molecule has 0 aromatic heterocycles. The lowest BCUT2D eigenvalue weighted by atomic mass is 9.99. The van der Waals surface area contributed by atoms with Crippen molar-refractivity contribution < 1.29 is 22.6 Å². The molecule has 3 nitrogen and oxygen atoms in total. The third kappa shape index (κ3) is 2.25. The fraction of sp³-hybridized carbons (Fsp3) is 0.500. The molecule has 1 unspecified atom stereocenters. The molecule has 0 fully saturated rings. The van der Waals surface area contributed by atoms with Gasteiger partial charge in [0.25, 0.3) is 0 Å². The average molecular weight is 261 g/mol. The van der Waals surface area contributed by atoms with Crippen molar-refractivity contribution in [1.29, 1.82) is 0 Å². The first-order valence-corrected chi connectivity index (χ1v) is 5.44. The van der Waals surface area contributed by atoms with E-state index in [9.17, 15) is 13.2 Å². The first kappa shape index (κ1) is 13.0. The van der Waals surface area contributed by atoms with Crippen LogP contribution in [0.5, 0.6) is 11.5 Å². The van der Waals surface area contributed by atoms with E-state index in [2.05, 4.69) is 0 Å². The monoisotopic (exact) mass is 261 g/mol. The molecule has 0 saturated carbocycles. The highest BCUT2D eigenvalue weighted by molar-refractivity contribution is 5.49. The number of alkyl halides is 3. The van der Waals surface area contributed by atoms with E-state index >= 15 is 0 Å². The zero-order valence-electron chi connectivity index (χ0n) is 10.3. The molecule has 0 N–H and O–H groups in total. The second kappa shape index (κ2) is 4.35. The Balaban J connectivity index is 2.49. The van der Waals surface area contributed by atoms with Crippen molar-refractivity contribution in [1.82, 2.24) is 4.90 Å². The quantitative estimate of drug-likeness (QED) is 0.817. The van der Waals surface area contributed by atoms with E-state index in [0.717, 1.165) is 4.90 Å². The summed E-state index contributed by atoms with van der Waals surface area (Å²) >= 11 is 0.